The van der Waals surface area contributed by atoms with Crippen molar-refractivity contribution >= 4 is 28.6 Å². The second kappa shape index (κ2) is 8.00. The van der Waals surface area contributed by atoms with Crippen LogP contribution in [0.2, 0.25) is 0 Å². The van der Waals surface area contributed by atoms with Gasteiger partial charge in [0.2, 0.25) is 5.91 Å². The maximum absolute atomic E-state index is 12.6. The number of carbonyl (C=O) groups excluding carboxylic acids is 1. The van der Waals surface area contributed by atoms with Gasteiger partial charge in [0.1, 0.15) is 5.65 Å². The van der Waals surface area contributed by atoms with Gasteiger partial charge in [-0.3, -0.25) is 9.79 Å². The van der Waals surface area contributed by atoms with Crippen LogP contribution in [0.4, 0.5) is 5.69 Å². The Morgan fingerprint density at radius 2 is 2.12 bits per heavy atom. The highest BCUT2D eigenvalue weighted by molar-refractivity contribution is 6.00. The summed E-state index contributed by atoms with van der Waals surface area (Å²) in [7, 11) is 3.62. The van der Waals surface area contributed by atoms with Crippen LogP contribution in [0.1, 0.15) is 25.7 Å². The van der Waals surface area contributed by atoms with Crippen LogP contribution in [0.5, 0.6) is 0 Å². The molecule has 1 fully saturated rings. The monoisotopic (exact) mass is 342 g/mol. The van der Waals surface area contributed by atoms with Crippen LogP contribution in [0.25, 0.3) is 11.0 Å². The molecule has 0 saturated heterocycles. The molecule has 3 rings (SSSR count). The molecule has 4 N–H and O–H groups in total. The average molecular weight is 342 g/mol. The van der Waals surface area contributed by atoms with Gasteiger partial charge in [-0.25, -0.2) is 4.98 Å². The summed E-state index contributed by atoms with van der Waals surface area (Å²) in [5.74, 6) is 1.60. The minimum atomic E-state index is 0.0852. The van der Waals surface area contributed by atoms with Gasteiger partial charge in [0.15, 0.2) is 5.96 Å². The Hall–Kier alpha value is -2.57. The second-order valence-electron chi connectivity index (χ2n) is 6.51. The Morgan fingerprint density at radius 1 is 1.32 bits per heavy atom. The third kappa shape index (κ3) is 4.10. The highest BCUT2D eigenvalue weighted by Gasteiger charge is 2.26. The Bertz CT molecular complexity index is 745. The zero-order valence-electron chi connectivity index (χ0n) is 14.8. The zero-order valence-corrected chi connectivity index (χ0v) is 14.8. The number of anilines is 1. The summed E-state index contributed by atoms with van der Waals surface area (Å²) in [5, 5.41) is 10.4. The minimum absolute atomic E-state index is 0.0852. The zero-order chi connectivity index (χ0) is 17.6. The molecule has 1 saturated carbocycles. The Morgan fingerprint density at radius 3 is 2.84 bits per heavy atom. The fraction of sp³-hybridized carbons (Fsp3) is 0.500. The van der Waals surface area contributed by atoms with Crippen LogP contribution in [0, 0.1) is 11.8 Å². The van der Waals surface area contributed by atoms with E-state index in [1.54, 1.807) is 13.2 Å². The number of hydrogen-bond acceptors (Lipinski definition) is 3. The van der Waals surface area contributed by atoms with Crippen molar-refractivity contribution in [1.29, 1.82) is 0 Å². The lowest BCUT2D eigenvalue weighted by Crippen LogP contribution is -2.39. The molecule has 7 heteroatoms. The number of nitrogens with one attached hydrogen (secondary N) is 4. The molecule has 0 aliphatic heterocycles. The van der Waals surface area contributed by atoms with Crippen LogP contribution in [0.15, 0.2) is 29.5 Å². The van der Waals surface area contributed by atoms with E-state index >= 15 is 0 Å². The normalized spacial score (nSPS) is 21.1. The number of amides is 1. The molecule has 25 heavy (non-hydrogen) atoms. The molecule has 0 radical (unpaired) electrons. The Kier molecular flexibility index (Phi) is 5.53. The molecule has 1 aliphatic carbocycles. The number of carbonyl (C=O) groups is 1. The summed E-state index contributed by atoms with van der Waals surface area (Å²) in [6, 6.07) is 3.79. The molecule has 2 aromatic rings. The number of hydrogen-bond donors (Lipinski definition) is 4. The second-order valence-corrected chi connectivity index (χ2v) is 6.51. The number of guanidine groups is 1. The van der Waals surface area contributed by atoms with E-state index in [4.69, 9.17) is 0 Å². The maximum atomic E-state index is 12.6. The molecule has 0 aromatic carbocycles. The largest absolute Gasteiger partial charge is 0.359 e. The number of fused-ring (bicyclic) bond motifs is 1. The number of aromatic nitrogens is 2. The van der Waals surface area contributed by atoms with Gasteiger partial charge in [-0.1, -0.05) is 0 Å². The Balaban J connectivity index is 1.51. The number of aromatic amines is 1. The van der Waals surface area contributed by atoms with Gasteiger partial charge in [-0.15, -0.1) is 0 Å². The number of pyridine rings is 1. The van der Waals surface area contributed by atoms with Crippen molar-refractivity contribution in [1.82, 2.24) is 20.6 Å². The van der Waals surface area contributed by atoms with Crippen LogP contribution < -0.4 is 16.0 Å². The van der Waals surface area contributed by atoms with E-state index in [0.29, 0.717) is 5.92 Å². The van der Waals surface area contributed by atoms with Crippen molar-refractivity contribution in [3.8, 4) is 0 Å². The number of aliphatic imine (C=N–C) groups is 1. The third-order valence-electron chi connectivity index (χ3n) is 4.95. The van der Waals surface area contributed by atoms with Crippen molar-refractivity contribution in [2.24, 2.45) is 16.8 Å². The first kappa shape index (κ1) is 17.3. The van der Waals surface area contributed by atoms with Crippen molar-refractivity contribution in [2.75, 3.05) is 26.0 Å². The van der Waals surface area contributed by atoms with E-state index in [1.165, 1.54) is 0 Å². The van der Waals surface area contributed by atoms with Crippen molar-refractivity contribution in [2.45, 2.75) is 25.7 Å². The molecule has 0 spiro atoms. The summed E-state index contributed by atoms with van der Waals surface area (Å²) in [5.41, 5.74) is 1.63. The first-order valence-electron chi connectivity index (χ1n) is 8.82. The quantitative estimate of drug-likeness (QED) is 0.506. The standard InChI is InChI=1S/C18H26N6O/c1-19-18(20-2)23-11-12-3-5-13(6-4-12)17(25)24-15-8-10-22-16-14(15)7-9-21-16/h7-10,12-13H,3-6,11H2,1-2H3,(H2,19,20,23)(H2,21,22,24,25). The van der Waals surface area contributed by atoms with Gasteiger partial charge >= 0.3 is 0 Å². The van der Waals surface area contributed by atoms with Gasteiger partial charge in [0.25, 0.3) is 0 Å². The first-order valence-corrected chi connectivity index (χ1v) is 8.82. The summed E-state index contributed by atoms with van der Waals surface area (Å²) < 4.78 is 0. The minimum Gasteiger partial charge on any atom is -0.359 e. The molecule has 0 unspecified atom stereocenters. The predicted octanol–water partition coefficient (Wildman–Crippen LogP) is 2.10. The van der Waals surface area contributed by atoms with E-state index in [1.807, 2.05) is 25.4 Å². The lowest BCUT2D eigenvalue weighted by Gasteiger charge is -2.28. The predicted molar refractivity (Wildman–Crippen MR) is 101 cm³/mol. The topological polar surface area (TPSA) is 94.2 Å². The van der Waals surface area contributed by atoms with E-state index in [9.17, 15) is 4.79 Å². The number of H-pyrrole nitrogens is 1. The molecule has 0 bridgehead atoms. The highest BCUT2D eigenvalue weighted by Crippen LogP contribution is 2.30. The average Bonchev–Trinajstić information content (AvgIpc) is 3.13. The first-order chi connectivity index (χ1) is 12.2. The molecule has 2 aromatic heterocycles. The van der Waals surface area contributed by atoms with Gasteiger partial charge in [0.05, 0.1) is 5.69 Å². The number of rotatable bonds is 4. The summed E-state index contributed by atoms with van der Waals surface area (Å²) in [6.07, 6.45) is 7.52. The van der Waals surface area contributed by atoms with Crippen molar-refractivity contribution in [3.63, 3.8) is 0 Å². The van der Waals surface area contributed by atoms with Gasteiger partial charge in [0, 0.05) is 44.3 Å². The maximum Gasteiger partial charge on any atom is 0.227 e. The molecule has 1 amide bonds. The highest BCUT2D eigenvalue weighted by atomic mass is 16.1. The molecule has 0 atom stereocenters. The van der Waals surface area contributed by atoms with Crippen molar-refractivity contribution < 1.29 is 4.79 Å². The lowest BCUT2D eigenvalue weighted by molar-refractivity contribution is -0.121. The lowest BCUT2D eigenvalue weighted by atomic mass is 9.81. The summed E-state index contributed by atoms with van der Waals surface area (Å²) in [4.78, 5) is 24.1. The van der Waals surface area contributed by atoms with E-state index in [2.05, 4.69) is 30.9 Å². The number of nitrogens with zero attached hydrogens (tertiary/aromatic N) is 2. The van der Waals surface area contributed by atoms with E-state index < -0.39 is 0 Å². The molecule has 1 aliphatic rings. The Labute approximate surface area is 147 Å². The smallest absolute Gasteiger partial charge is 0.227 e. The third-order valence-corrected chi connectivity index (χ3v) is 4.95. The van der Waals surface area contributed by atoms with Crippen LogP contribution in [-0.2, 0) is 4.79 Å². The molecular weight excluding hydrogens is 316 g/mol. The molecular formula is C18H26N6O. The van der Waals surface area contributed by atoms with Crippen LogP contribution >= 0.6 is 0 Å². The van der Waals surface area contributed by atoms with E-state index in [-0.39, 0.29) is 11.8 Å². The van der Waals surface area contributed by atoms with E-state index in [0.717, 1.165) is 54.9 Å². The SMILES string of the molecule is C/N=C(/NC)NCC1CCC(C(=O)Nc2ccnc3[nH]ccc23)CC1. The van der Waals surface area contributed by atoms with Crippen LogP contribution in [-0.4, -0.2) is 42.5 Å². The van der Waals surface area contributed by atoms with Gasteiger partial charge in [-0.05, 0) is 43.7 Å². The molecule has 7 nitrogen and oxygen atoms in total. The summed E-state index contributed by atoms with van der Waals surface area (Å²) >= 11 is 0. The fourth-order valence-electron chi connectivity index (χ4n) is 3.45. The molecule has 134 valence electrons. The molecule has 2 heterocycles. The van der Waals surface area contributed by atoms with Crippen LogP contribution in [0.3, 0.4) is 0 Å². The van der Waals surface area contributed by atoms with Gasteiger partial charge in [-0.2, -0.15) is 0 Å². The summed E-state index contributed by atoms with van der Waals surface area (Å²) in [6.45, 7) is 0.899. The van der Waals surface area contributed by atoms with Crippen molar-refractivity contribution in [3.05, 3.63) is 24.5 Å². The fourth-order valence-corrected chi connectivity index (χ4v) is 3.45. The van der Waals surface area contributed by atoms with Gasteiger partial charge < -0.3 is 20.9 Å².